The molecule has 32 heavy (non-hydrogen) atoms. The average molecular weight is 431 g/mol. The van der Waals surface area contributed by atoms with Crippen molar-refractivity contribution in [3.8, 4) is 6.07 Å². The van der Waals surface area contributed by atoms with Crippen molar-refractivity contribution >= 4 is 17.5 Å². The van der Waals surface area contributed by atoms with Gasteiger partial charge in [0.1, 0.15) is 5.60 Å². The van der Waals surface area contributed by atoms with Crippen LogP contribution in [-0.4, -0.2) is 65.0 Å². The minimum absolute atomic E-state index is 0.0311. The molecular formula is C25H26N4O3. The smallest absolute Gasteiger partial charge is 0.254 e. The van der Waals surface area contributed by atoms with Gasteiger partial charge in [-0.05, 0) is 66.8 Å². The summed E-state index contributed by atoms with van der Waals surface area (Å²) in [6, 6.07) is 15.8. The Kier molecular flexibility index (Phi) is 5.10. The van der Waals surface area contributed by atoms with Gasteiger partial charge < -0.3 is 19.8 Å². The van der Waals surface area contributed by atoms with Gasteiger partial charge in [-0.2, -0.15) is 5.26 Å². The van der Waals surface area contributed by atoms with E-state index in [0.717, 1.165) is 25.2 Å². The van der Waals surface area contributed by atoms with Crippen LogP contribution in [0.25, 0.3) is 0 Å². The van der Waals surface area contributed by atoms with E-state index in [2.05, 4.69) is 11.0 Å². The molecular weight excluding hydrogens is 404 g/mol. The Morgan fingerprint density at radius 3 is 2.25 bits per heavy atom. The van der Waals surface area contributed by atoms with Crippen LogP contribution in [0.5, 0.6) is 0 Å². The zero-order chi connectivity index (χ0) is 22.3. The van der Waals surface area contributed by atoms with Crippen LogP contribution in [0.3, 0.4) is 0 Å². The Balaban J connectivity index is 1.21. The van der Waals surface area contributed by atoms with Crippen molar-refractivity contribution in [2.45, 2.75) is 31.4 Å². The minimum atomic E-state index is -1.15. The molecule has 5 rings (SSSR count). The van der Waals surface area contributed by atoms with Gasteiger partial charge in [0, 0.05) is 50.5 Å². The molecule has 164 valence electrons. The Morgan fingerprint density at radius 1 is 0.906 bits per heavy atom. The van der Waals surface area contributed by atoms with Crippen molar-refractivity contribution in [2.24, 2.45) is 0 Å². The number of aliphatic hydroxyl groups is 1. The lowest BCUT2D eigenvalue weighted by Gasteiger charge is -2.36. The molecule has 1 saturated carbocycles. The number of carbonyl (C=O) groups is 2. The number of rotatable bonds is 3. The summed E-state index contributed by atoms with van der Waals surface area (Å²) in [4.78, 5) is 30.9. The molecule has 0 spiro atoms. The molecule has 1 aliphatic carbocycles. The molecule has 2 aromatic carbocycles. The molecule has 2 amide bonds. The van der Waals surface area contributed by atoms with Crippen LogP contribution in [-0.2, 0) is 17.8 Å². The summed E-state index contributed by atoms with van der Waals surface area (Å²) in [5.74, 6) is -0.226. The van der Waals surface area contributed by atoms with Gasteiger partial charge >= 0.3 is 0 Å². The largest absolute Gasteiger partial charge is 0.380 e. The third-order valence-electron chi connectivity index (χ3n) is 6.80. The van der Waals surface area contributed by atoms with Gasteiger partial charge in [0.05, 0.1) is 11.6 Å². The summed E-state index contributed by atoms with van der Waals surface area (Å²) in [6.45, 7) is 3.53. The minimum Gasteiger partial charge on any atom is -0.380 e. The molecule has 1 saturated heterocycles. The number of hydrogen-bond acceptors (Lipinski definition) is 5. The third-order valence-corrected chi connectivity index (χ3v) is 6.80. The molecule has 0 unspecified atom stereocenters. The SMILES string of the molecule is N#Cc1ccc2c(c1)CN(c1ccc(C(=O)N3CCN(C(=O)C4(O)CC4)CC3)cc1)CC2. The highest BCUT2D eigenvalue weighted by Crippen LogP contribution is 2.37. The van der Waals surface area contributed by atoms with Crippen molar-refractivity contribution in [1.82, 2.24) is 9.80 Å². The zero-order valence-electron chi connectivity index (χ0n) is 18.0. The second-order valence-electron chi connectivity index (χ2n) is 8.93. The van der Waals surface area contributed by atoms with E-state index in [1.54, 1.807) is 9.80 Å². The van der Waals surface area contributed by atoms with Gasteiger partial charge in [-0.15, -0.1) is 0 Å². The second-order valence-corrected chi connectivity index (χ2v) is 8.93. The molecule has 7 heteroatoms. The average Bonchev–Trinajstić information content (AvgIpc) is 3.61. The van der Waals surface area contributed by atoms with Gasteiger partial charge in [-0.1, -0.05) is 6.07 Å². The molecule has 0 aromatic heterocycles. The van der Waals surface area contributed by atoms with E-state index in [1.165, 1.54) is 11.1 Å². The Morgan fingerprint density at radius 2 is 1.59 bits per heavy atom. The third kappa shape index (κ3) is 3.82. The van der Waals surface area contributed by atoms with Gasteiger partial charge in [0.15, 0.2) is 0 Å². The molecule has 1 N–H and O–H groups in total. The fraction of sp³-hybridized carbons (Fsp3) is 0.400. The first kappa shape index (κ1) is 20.5. The zero-order valence-corrected chi connectivity index (χ0v) is 18.0. The van der Waals surface area contributed by atoms with Crippen molar-refractivity contribution < 1.29 is 14.7 Å². The molecule has 2 aromatic rings. The van der Waals surface area contributed by atoms with E-state index in [-0.39, 0.29) is 11.8 Å². The van der Waals surface area contributed by atoms with E-state index in [0.29, 0.717) is 50.1 Å². The summed E-state index contributed by atoms with van der Waals surface area (Å²) >= 11 is 0. The summed E-state index contributed by atoms with van der Waals surface area (Å²) in [5, 5.41) is 19.2. The fourth-order valence-corrected chi connectivity index (χ4v) is 4.58. The first-order valence-electron chi connectivity index (χ1n) is 11.1. The first-order chi connectivity index (χ1) is 15.5. The number of nitrogens with zero attached hydrogens (tertiary/aromatic N) is 4. The van der Waals surface area contributed by atoms with E-state index in [1.807, 2.05) is 42.5 Å². The lowest BCUT2D eigenvalue weighted by Crippen LogP contribution is -2.53. The van der Waals surface area contributed by atoms with Crippen LogP contribution in [0.4, 0.5) is 5.69 Å². The normalized spacial score (nSPS) is 19.2. The number of carbonyl (C=O) groups excluding carboxylic acids is 2. The van der Waals surface area contributed by atoms with Crippen LogP contribution < -0.4 is 4.90 Å². The molecule has 0 bridgehead atoms. The number of benzene rings is 2. The summed E-state index contributed by atoms with van der Waals surface area (Å²) in [7, 11) is 0. The van der Waals surface area contributed by atoms with E-state index < -0.39 is 5.60 Å². The maximum absolute atomic E-state index is 12.9. The second kappa shape index (κ2) is 7.95. The summed E-state index contributed by atoms with van der Waals surface area (Å²) < 4.78 is 0. The number of nitriles is 1. The fourth-order valence-electron chi connectivity index (χ4n) is 4.58. The quantitative estimate of drug-likeness (QED) is 0.804. The highest BCUT2D eigenvalue weighted by Gasteiger charge is 2.50. The van der Waals surface area contributed by atoms with Crippen LogP contribution in [0.15, 0.2) is 42.5 Å². The number of hydrogen-bond donors (Lipinski definition) is 1. The number of amides is 2. The van der Waals surface area contributed by atoms with Crippen molar-refractivity contribution in [3.05, 3.63) is 64.7 Å². The van der Waals surface area contributed by atoms with Crippen LogP contribution >= 0.6 is 0 Å². The number of anilines is 1. The lowest BCUT2D eigenvalue weighted by molar-refractivity contribution is -0.143. The molecule has 2 heterocycles. The number of piperazine rings is 1. The highest BCUT2D eigenvalue weighted by molar-refractivity contribution is 5.95. The summed E-state index contributed by atoms with van der Waals surface area (Å²) in [6.07, 6.45) is 2.01. The van der Waals surface area contributed by atoms with Gasteiger partial charge in [-0.25, -0.2) is 0 Å². The summed E-state index contributed by atoms with van der Waals surface area (Å²) in [5.41, 5.74) is 3.70. The van der Waals surface area contributed by atoms with E-state index in [9.17, 15) is 14.7 Å². The van der Waals surface area contributed by atoms with Crippen molar-refractivity contribution in [1.29, 1.82) is 5.26 Å². The molecule has 2 aliphatic heterocycles. The van der Waals surface area contributed by atoms with E-state index in [4.69, 9.17) is 5.26 Å². The molecule has 7 nitrogen and oxygen atoms in total. The Labute approximate surface area is 187 Å². The van der Waals surface area contributed by atoms with E-state index >= 15 is 0 Å². The van der Waals surface area contributed by atoms with Gasteiger partial charge in [0.25, 0.3) is 11.8 Å². The topological polar surface area (TPSA) is 87.9 Å². The lowest BCUT2D eigenvalue weighted by atomic mass is 9.97. The maximum Gasteiger partial charge on any atom is 0.254 e. The molecule has 0 radical (unpaired) electrons. The highest BCUT2D eigenvalue weighted by atomic mass is 16.3. The van der Waals surface area contributed by atoms with Crippen molar-refractivity contribution in [2.75, 3.05) is 37.6 Å². The maximum atomic E-state index is 12.9. The molecule has 2 fully saturated rings. The standard InChI is InChI=1S/C25H26N4O3/c26-16-18-1-2-19-7-10-29(17-21(19)15-18)22-5-3-20(4-6-22)23(30)27-11-13-28(14-12-27)24(31)25(32)8-9-25/h1-6,15,32H,7-14,17H2. The Bertz CT molecular complexity index is 1090. The van der Waals surface area contributed by atoms with Crippen LogP contribution in [0, 0.1) is 11.3 Å². The Hall–Kier alpha value is -3.37. The molecule has 0 atom stereocenters. The van der Waals surface area contributed by atoms with Crippen LogP contribution in [0.2, 0.25) is 0 Å². The predicted molar refractivity (Wildman–Crippen MR) is 119 cm³/mol. The van der Waals surface area contributed by atoms with Gasteiger partial charge in [-0.3, -0.25) is 9.59 Å². The van der Waals surface area contributed by atoms with Gasteiger partial charge in [0.2, 0.25) is 0 Å². The van der Waals surface area contributed by atoms with Crippen molar-refractivity contribution in [3.63, 3.8) is 0 Å². The van der Waals surface area contributed by atoms with Crippen LogP contribution in [0.1, 0.15) is 39.9 Å². The first-order valence-corrected chi connectivity index (χ1v) is 11.1. The molecule has 3 aliphatic rings. The monoisotopic (exact) mass is 430 g/mol. The predicted octanol–water partition coefficient (Wildman–Crippen LogP) is 1.93. The number of fused-ring (bicyclic) bond motifs is 1.